The fraction of sp³-hybridized carbons (Fsp3) is 0.250. The first-order valence-electron chi connectivity index (χ1n) is 6.32. The zero-order valence-electron chi connectivity index (χ0n) is 11.2. The van der Waals surface area contributed by atoms with Crippen molar-refractivity contribution in [2.24, 2.45) is 0 Å². The average Bonchev–Trinajstić information content (AvgIpc) is 2.40. The van der Waals surface area contributed by atoms with Gasteiger partial charge in [-0.15, -0.1) is 0 Å². The highest BCUT2D eigenvalue weighted by atomic mass is 28.3. The Morgan fingerprint density at radius 3 is 2.00 bits per heavy atom. The number of hydrogen-bond donors (Lipinski definition) is 1. The minimum absolute atomic E-state index is 0.361. The van der Waals surface area contributed by atoms with Crippen LogP contribution in [-0.2, 0) is 0 Å². The van der Waals surface area contributed by atoms with E-state index in [1.165, 1.54) is 10.8 Å². The summed E-state index contributed by atoms with van der Waals surface area (Å²) in [4.78, 5) is 0. The molecule has 2 rings (SSSR count). The predicted molar refractivity (Wildman–Crippen MR) is 79.7 cm³/mol. The van der Waals surface area contributed by atoms with Crippen molar-refractivity contribution in [3.63, 3.8) is 0 Å². The van der Waals surface area contributed by atoms with Crippen molar-refractivity contribution in [1.29, 1.82) is 0 Å². The molecule has 0 unspecified atom stereocenters. The lowest BCUT2D eigenvalue weighted by molar-refractivity contribution is 0.251. The Morgan fingerprint density at radius 1 is 0.889 bits per heavy atom. The molecule has 18 heavy (non-hydrogen) atoms. The van der Waals surface area contributed by atoms with Crippen LogP contribution in [0.1, 0.15) is 16.9 Å². The van der Waals surface area contributed by atoms with Gasteiger partial charge >= 0.3 is 0 Å². The van der Waals surface area contributed by atoms with Crippen LogP contribution >= 0.6 is 0 Å². The average molecular weight is 256 g/mol. The fourth-order valence-electron chi connectivity index (χ4n) is 2.19. The van der Waals surface area contributed by atoms with E-state index in [1.807, 2.05) is 30.3 Å². The van der Waals surface area contributed by atoms with Gasteiger partial charge in [0.15, 0.2) is 0 Å². The molecule has 0 radical (unpaired) electrons. The highest BCUT2D eigenvalue weighted by molar-refractivity contribution is 6.90. The summed E-state index contributed by atoms with van der Waals surface area (Å²) < 4.78 is 0. The molecule has 0 saturated heterocycles. The van der Waals surface area contributed by atoms with Crippen LogP contribution in [0.2, 0.25) is 13.1 Å². The Morgan fingerprint density at radius 2 is 1.44 bits per heavy atom. The summed E-state index contributed by atoms with van der Waals surface area (Å²) in [5.74, 6) is 0. The molecule has 0 bridgehead atoms. The summed E-state index contributed by atoms with van der Waals surface area (Å²) in [6, 6.07) is 18.6. The van der Waals surface area contributed by atoms with Crippen molar-refractivity contribution >= 4 is 13.3 Å². The van der Waals surface area contributed by atoms with Crippen molar-refractivity contribution in [2.45, 2.75) is 25.7 Å². The molecule has 2 aromatic rings. The number of aliphatic hydroxyl groups is 1. The lowest BCUT2D eigenvalue weighted by atomic mass is 10.2. The van der Waals surface area contributed by atoms with Crippen molar-refractivity contribution in [2.75, 3.05) is 0 Å². The molecule has 2 aromatic carbocycles. The van der Waals surface area contributed by atoms with Gasteiger partial charge in [0.1, 0.15) is 8.07 Å². The molecule has 0 aliphatic heterocycles. The first-order chi connectivity index (χ1) is 8.51. The van der Waals surface area contributed by atoms with Gasteiger partial charge in [0, 0.05) is 0 Å². The first kappa shape index (κ1) is 13.1. The second-order valence-corrected chi connectivity index (χ2v) is 9.97. The summed E-state index contributed by atoms with van der Waals surface area (Å²) in [6.45, 7) is 6.50. The lowest BCUT2D eigenvalue weighted by Crippen LogP contribution is -2.47. The highest BCUT2D eigenvalue weighted by Crippen LogP contribution is 2.24. The Hall–Kier alpha value is -1.38. The van der Waals surface area contributed by atoms with Crippen LogP contribution < -0.4 is 5.19 Å². The molecule has 1 atom stereocenters. The van der Waals surface area contributed by atoms with E-state index in [0.29, 0.717) is 0 Å². The third-order valence-corrected chi connectivity index (χ3v) is 7.12. The maximum absolute atomic E-state index is 10.7. The monoisotopic (exact) mass is 256 g/mol. The molecule has 0 aliphatic rings. The number of aliphatic hydroxyl groups excluding tert-OH is 1. The summed E-state index contributed by atoms with van der Waals surface area (Å²) >= 11 is 0. The number of aryl methyl sites for hydroxylation is 1. The lowest BCUT2D eigenvalue weighted by Gasteiger charge is -2.29. The van der Waals surface area contributed by atoms with Crippen LogP contribution in [0.5, 0.6) is 0 Å². The van der Waals surface area contributed by atoms with E-state index in [4.69, 9.17) is 0 Å². The molecular formula is C16H20OSi. The highest BCUT2D eigenvalue weighted by Gasteiger charge is 2.33. The van der Waals surface area contributed by atoms with Gasteiger partial charge in [-0.25, -0.2) is 0 Å². The summed E-state index contributed by atoms with van der Waals surface area (Å²) in [6.07, 6.45) is 0. The predicted octanol–water partition coefficient (Wildman–Crippen LogP) is 3.18. The van der Waals surface area contributed by atoms with E-state index >= 15 is 0 Å². The van der Waals surface area contributed by atoms with Gasteiger partial charge in [-0.05, 0) is 12.5 Å². The molecule has 1 nitrogen and oxygen atoms in total. The van der Waals surface area contributed by atoms with Crippen LogP contribution in [0.25, 0.3) is 0 Å². The topological polar surface area (TPSA) is 20.2 Å². The van der Waals surface area contributed by atoms with E-state index in [0.717, 1.165) is 5.56 Å². The van der Waals surface area contributed by atoms with Crippen LogP contribution in [0.15, 0.2) is 54.6 Å². The summed E-state index contributed by atoms with van der Waals surface area (Å²) in [5, 5.41) is 11.9. The third kappa shape index (κ3) is 2.55. The van der Waals surface area contributed by atoms with E-state index < -0.39 is 8.07 Å². The molecule has 0 fully saturated rings. The molecule has 0 heterocycles. The first-order valence-corrected chi connectivity index (χ1v) is 9.39. The molecule has 1 N–H and O–H groups in total. The van der Waals surface area contributed by atoms with Crippen LogP contribution in [0.4, 0.5) is 0 Å². The zero-order chi connectivity index (χ0) is 13.2. The van der Waals surface area contributed by atoms with Gasteiger partial charge in [0.2, 0.25) is 0 Å². The Balaban J connectivity index is 2.32. The van der Waals surface area contributed by atoms with Crippen LogP contribution in [-0.4, -0.2) is 13.2 Å². The van der Waals surface area contributed by atoms with Crippen molar-refractivity contribution < 1.29 is 5.11 Å². The van der Waals surface area contributed by atoms with E-state index in [-0.39, 0.29) is 5.73 Å². The molecule has 0 aliphatic carbocycles. The second kappa shape index (κ2) is 5.08. The van der Waals surface area contributed by atoms with Gasteiger partial charge in [0.05, 0.1) is 5.73 Å². The third-order valence-electron chi connectivity index (χ3n) is 3.59. The van der Waals surface area contributed by atoms with E-state index in [2.05, 4.69) is 44.3 Å². The van der Waals surface area contributed by atoms with Crippen LogP contribution in [0.3, 0.4) is 0 Å². The normalized spacial score (nSPS) is 13.3. The SMILES string of the molecule is Cc1ccc([C@@H](O)[Si](C)(C)c2ccccc2)cc1. The molecule has 0 spiro atoms. The maximum Gasteiger partial charge on any atom is 0.118 e. The molecule has 2 heteroatoms. The van der Waals surface area contributed by atoms with Crippen LogP contribution in [0, 0.1) is 6.92 Å². The number of rotatable bonds is 3. The van der Waals surface area contributed by atoms with Crippen molar-refractivity contribution in [3.8, 4) is 0 Å². The van der Waals surface area contributed by atoms with Crippen molar-refractivity contribution in [3.05, 3.63) is 65.7 Å². The maximum atomic E-state index is 10.7. The zero-order valence-corrected chi connectivity index (χ0v) is 12.2. The molecule has 0 saturated carbocycles. The number of hydrogen-bond acceptors (Lipinski definition) is 1. The Bertz CT molecular complexity index is 502. The Labute approximate surface area is 110 Å². The summed E-state index contributed by atoms with van der Waals surface area (Å²) in [5.41, 5.74) is 1.90. The minimum Gasteiger partial charge on any atom is -0.392 e. The molecule has 94 valence electrons. The van der Waals surface area contributed by atoms with Gasteiger partial charge in [0.25, 0.3) is 0 Å². The van der Waals surface area contributed by atoms with E-state index in [9.17, 15) is 5.11 Å². The molecular weight excluding hydrogens is 236 g/mol. The number of benzene rings is 2. The summed E-state index contributed by atoms with van der Waals surface area (Å²) in [7, 11) is -1.89. The standard InChI is InChI=1S/C16H20OSi/c1-13-9-11-14(12-10-13)16(17)18(2,3)15-7-5-4-6-8-15/h4-12,16-17H,1-3H3/t16-/m0/s1. The van der Waals surface area contributed by atoms with Gasteiger partial charge in [-0.1, -0.05) is 78.4 Å². The fourth-order valence-corrected chi connectivity index (χ4v) is 4.58. The quantitative estimate of drug-likeness (QED) is 0.836. The van der Waals surface area contributed by atoms with Gasteiger partial charge in [-0.3, -0.25) is 0 Å². The van der Waals surface area contributed by atoms with Crippen molar-refractivity contribution in [1.82, 2.24) is 0 Å². The second-order valence-electron chi connectivity index (χ2n) is 5.40. The molecule has 0 amide bonds. The van der Waals surface area contributed by atoms with Gasteiger partial charge < -0.3 is 5.11 Å². The smallest absolute Gasteiger partial charge is 0.118 e. The van der Waals surface area contributed by atoms with E-state index in [1.54, 1.807) is 0 Å². The molecule has 0 aromatic heterocycles. The Kier molecular flexibility index (Phi) is 3.69. The van der Waals surface area contributed by atoms with Gasteiger partial charge in [-0.2, -0.15) is 0 Å². The minimum atomic E-state index is -1.89. The largest absolute Gasteiger partial charge is 0.392 e.